The fourth-order valence-corrected chi connectivity index (χ4v) is 2.78. The van der Waals surface area contributed by atoms with Crippen molar-refractivity contribution in [3.05, 3.63) is 28.7 Å². The molecule has 116 valence electrons. The lowest BCUT2D eigenvalue weighted by Gasteiger charge is -2.19. The van der Waals surface area contributed by atoms with Crippen molar-refractivity contribution in [3.63, 3.8) is 0 Å². The van der Waals surface area contributed by atoms with E-state index in [2.05, 4.69) is 33.2 Å². The first kappa shape index (κ1) is 16.3. The van der Waals surface area contributed by atoms with E-state index >= 15 is 0 Å². The molecule has 1 aliphatic heterocycles. The molecular formula is C16H23BrN2O2. The largest absolute Gasteiger partial charge is 0.494 e. The Balaban J connectivity index is 1.55. The first-order valence-electron chi connectivity index (χ1n) is 7.50. The third-order valence-corrected chi connectivity index (χ3v) is 4.37. The lowest BCUT2D eigenvalue weighted by molar-refractivity contribution is -0.121. The number of carbonyl (C=O) groups is 1. The maximum Gasteiger partial charge on any atom is 0.220 e. The van der Waals surface area contributed by atoms with Crippen molar-refractivity contribution in [3.8, 4) is 5.75 Å². The number of likely N-dealkylation sites (N-methyl/N-ethyl adjacent to an activating group) is 1. The quantitative estimate of drug-likeness (QED) is 0.765. The molecule has 0 saturated carbocycles. The van der Waals surface area contributed by atoms with Crippen molar-refractivity contribution in [2.45, 2.75) is 31.7 Å². The number of amides is 1. The second-order valence-electron chi connectivity index (χ2n) is 5.49. The molecule has 1 saturated heterocycles. The van der Waals surface area contributed by atoms with Crippen molar-refractivity contribution < 1.29 is 9.53 Å². The highest BCUT2D eigenvalue weighted by molar-refractivity contribution is 9.10. The third-order valence-electron chi connectivity index (χ3n) is 3.84. The number of benzene rings is 1. The summed E-state index contributed by atoms with van der Waals surface area (Å²) in [7, 11) is 2.12. The highest BCUT2D eigenvalue weighted by atomic mass is 79.9. The van der Waals surface area contributed by atoms with Gasteiger partial charge in [-0.15, -0.1) is 0 Å². The topological polar surface area (TPSA) is 41.6 Å². The van der Waals surface area contributed by atoms with Gasteiger partial charge in [0.2, 0.25) is 5.91 Å². The normalized spacial score (nSPS) is 18.7. The monoisotopic (exact) mass is 354 g/mol. The molecule has 1 fully saturated rings. The van der Waals surface area contributed by atoms with Gasteiger partial charge in [-0.1, -0.05) is 15.9 Å². The van der Waals surface area contributed by atoms with E-state index in [4.69, 9.17) is 4.74 Å². The van der Waals surface area contributed by atoms with Gasteiger partial charge in [0.25, 0.3) is 0 Å². The van der Waals surface area contributed by atoms with Gasteiger partial charge in [0.05, 0.1) is 6.61 Å². The molecule has 1 atom stereocenters. The number of hydrogen-bond acceptors (Lipinski definition) is 3. The number of halogens is 1. The van der Waals surface area contributed by atoms with Crippen LogP contribution in [0.2, 0.25) is 0 Å². The lowest BCUT2D eigenvalue weighted by Crippen LogP contribution is -2.38. The maximum absolute atomic E-state index is 11.8. The fourth-order valence-electron chi connectivity index (χ4n) is 2.51. The average molecular weight is 355 g/mol. The number of rotatable bonds is 7. The summed E-state index contributed by atoms with van der Waals surface area (Å²) >= 11 is 3.38. The van der Waals surface area contributed by atoms with E-state index in [0.29, 0.717) is 19.1 Å². The fraction of sp³-hybridized carbons (Fsp3) is 0.562. The van der Waals surface area contributed by atoms with Crippen LogP contribution in [-0.4, -0.2) is 43.6 Å². The van der Waals surface area contributed by atoms with Crippen LogP contribution in [0.1, 0.15) is 25.7 Å². The predicted molar refractivity (Wildman–Crippen MR) is 87.5 cm³/mol. The second-order valence-corrected chi connectivity index (χ2v) is 6.40. The van der Waals surface area contributed by atoms with Crippen molar-refractivity contribution in [2.24, 2.45) is 0 Å². The van der Waals surface area contributed by atoms with Gasteiger partial charge < -0.3 is 15.0 Å². The summed E-state index contributed by atoms with van der Waals surface area (Å²) < 4.78 is 6.63. The van der Waals surface area contributed by atoms with Crippen LogP contribution >= 0.6 is 15.9 Å². The van der Waals surface area contributed by atoms with Gasteiger partial charge in [0, 0.05) is 23.5 Å². The van der Waals surface area contributed by atoms with E-state index in [9.17, 15) is 4.79 Å². The molecular weight excluding hydrogens is 332 g/mol. The Kier molecular flexibility index (Phi) is 6.51. The molecule has 1 unspecified atom stereocenters. The Morgan fingerprint density at radius 1 is 1.43 bits per heavy atom. The summed E-state index contributed by atoms with van der Waals surface area (Å²) in [4.78, 5) is 14.1. The van der Waals surface area contributed by atoms with Gasteiger partial charge in [0.1, 0.15) is 5.75 Å². The van der Waals surface area contributed by atoms with Crippen LogP contribution in [0.4, 0.5) is 0 Å². The maximum atomic E-state index is 11.8. The van der Waals surface area contributed by atoms with Crippen LogP contribution in [0.25, 0.3) is 0 Å². The molecule has 21 heavy (non-hydrogen) atoms. The first-order valence-corrected chi connectivity index (χ1v) is 8.30. The highest BCUT2D eigenvalue weighted by Gasteiger charge is 2.20. The summed E-state index contributed by atoms with van der Waals surface area (Å²) in [5.41, 5.74) is 0. The first-order chi connectivity index (χ1) is 10.1. The van der Waals surface area contributed by atoms with Crippen LogP contribution in [-0.2, 0) is 4.79 Å². The van der Waals surface area contributed by atoms with E-state index in [1.54, 1.807) is 0 Å². The van der Waals surface area contributed by atoms with E-state index in [1.807, 2.05) is 24.3 Å². The molecule has 1 aromatic carbocycles. The predicted octanol–water partition coefficient (Wildman–Crippen LogP) is 2.82. The number of carbonyl (C=O) groups excluding carboxylic acids is 1. The van der Waals surface area contributed by atoms with Crippen molar-refractivity contribution in [2.75, 3.05) is 26.7 Å². The molecule has 0 radical (unpaired) electrons. The summed E-state index contributed by atoms with van der Waals surface area (Å²) in [5.74, 6) is 0.959. The third kappa shape index (κ3) is 5.67. The smallest absolute Gasteiger partial charge is 0.220 e. The molecule has 0 bridgehead atoms. The molecule has 1 N–H and O–H groups in total. The minimum absolute atomic E-state index is 0.120. The van der Waals surface area contributed by atoms with Crippen LogP contribution < -0.4 is 10.1 Å². The Hall–Kier alpha value is -1.07. The zero-order valence-electron chi connectivity index (χ0n) is 12.5. The molecule has 0 aromatic heterocycles. The van der Waals surface area contributed by atoms with Crippen molar-refractivity contribution in [1.29, 1.82) is 0 Å². The number of hydrogen-bond donors (Lipinski definition) is 1. The molecule has 5 heteroatoms. The van der Waals surface area contributed by atoms with Gasteiger partial charge in [0.15, 0.2) is 0 Å². The number of nitrogens with zero attached hydrogens (tertiary/aromatic N) is 1. The van der Waals surface area contributed by atoms with Gasteiger partial charge in [-0.25, -0.2) is 0 Å². The van der Waals surface area contributed by atoms with Crippen LogP contribution in [0.5, 0.6) is 5.75 Å². The van der Waals surface area contributed by atoms with Crippen molar-refractivity contribution >= 4 is 21.8 Å². The van der Waals surface area contributed by atoms with E-state index in [1.165, 1.54) is 12.8 Å². The molecule has 0 spiro atoms. The highest BCUT2D eigenvalue weighted by Crippen LogP contribution is 2.16. The van der Waals surface area contributed by atoms with Crippen LogP contribution in [0.15, 0.2) is 28.7 Å². The van der Waals surface area contributed by atoms with Crippen LogP contribution in [0.3, 0.4) is 0 Å². The standard InChI is InChI=1S/C16H23BrN2O2/c1-19-10-2-4-14(19)12-18-16(20)5-3-11-21-15-8-6-13(17)7-9-15/h6-9,14H,2-5,10-12H2,1H3,(H,18,20). The molecule has 0 aliphatic carbocycles. The molecule has 2 rings (SSSR count). The van der Waals surface area contributed by atoms with Crippen LogP contribution in [0, 0.1) is 0 Å². The minimum atomic E-state index is 0.120. The van der Waals surface area contributed by atoms with Gasteiger partial charge >= 0.3 is 0 Å². The van der Waals surface area contributed by atoms with Gasteiger partial charge in [-0.2, -0.15) is 0 Å². The Morgan fingerprint density at radius 2 is 2.19 bits per heavy atom. The van der Waals surface area contributed by atoms with E-state index in [-0.39, 0.29) is 5.91 Å². The molecule has 1 amide bonds. The summed E-state index contributed by atoms with van der Waals surface area (Å²) in [6.45, 7) is 2.48. The second kappa shape index (κ2) is 8.39. The number of ether oxygens (including phenoxy) is 1. The van der Waals surface area contributed by atoms with Gasteiger partial charge in [-0.3, -0.25) is 4.79 Å². The SMILES string of the molecule is CN1CCCC1CNC(=O)CCCOc1ccc(Br)cc1. The average Bonchev–Trinajstić information content (AvgIpc) is 2.89. The van der Waals surface area contributed by atoms with E-state index < -0.39 is 0 Å². The molecule has 1 heterocycles. The lowest BCUT2D eigenvalue weighted by atomic mass is 10.2. The minimum Gasteiger partial charge on any atom is -0.494 e. The van der Waals surface area contributed by atoms with E-state index in [0.717, 1.165) is 29.7 Å². The number of likely N-dealkylation sites (tertiary alicyclic amines) is 1. The summed E-state index contributed by atoms with van der Waals surface area (Å²) in [5, 5.41) is 3.02. The summed E-state index contributed by atoms with van der Waals surface area (Å²) in [6, 6.07) is 8.23. The Bertz CT molecular complexity index is 450. The summed E-state index contributed by atoms with van der Waals surface area (Å²) in [6.07, 6.45) is 3.68. The Morgan fingerprint density at radius 3 is 2.86 bits per heavy atom. The number of nitrogens with one attached hydrogen (secondary N) is 1. The molecule has 4 nitrogen and oxygen atoms in total. The Labute approximate surface area is 135 Å². The molecule has 1 aliphatic rings. The zero-order chi connectivity index (χ0) is 15.1. The van der Waals surface area contributed by atoms with Gasteiger partial charge in [-0.05, 0) is 57.1 Å². The van der Waals surface area contributed by atoms with Crippen molar-refractivity contribution in [1.82, 2.24) is 10.2 Å². The molecule has 1 aromatic rings. The zero-order valence-corrected chi connectivity index (χ0v) is 14.1.